The molecule has 1 aromatic carbocycles. The standard InChI is InChI=1S/C16H19NO2/c1-4-10-19-13-8-9-14(12(2)11-13)15-6-5-7-16(18)17(15)3/h4,6,8-9,11H,1,5,7,10H2,2-3H3. The Labute approximate surface area is 114 Å². The lowest BCUT2D eigenvalue weighted by atomic mass is 10.0. The van der Waals surface area contributed by atoms with Gasteiger partial charge in [-0.05, 0) is 37.1 Å². The van der Waals surface area contributed by atoms with Gasteiger partial charge in [0, 0.05) is 24.7 Å². The summed E-state index contributed by atoms with van der Waals surface area (Å²) in [6, 6.07) is 5.93. The fourth-order valence-electron chi connectivity index (χ4n) is 2.23. The van der Waals surface area contributed by atoms with E-state index in [9.17, 15) is 4.79 Å². The maximum absolute atomic E-state index is 11.7. The van der Waals surface area contributed by atoms with Gasteiger partial charge in [0.15, 0.2) is 0 Å². The van der Waals surface area contributed by atoms with Crippen molar-refractivity contribution in [3.63, 3.8) is 0 Å². The van der Waals surface area contributed by atoms with Gasteiger partial charge in [-0.25, -0.2) is 0 Å². The smallest absolute Gasteiger partial charge is 0.227 e. The highest BCUT2D eigenvalue weighted by Gasteiger charge is 2.20. The molecule has 100 valence electrons. The molecule has 1 amide bonds. The molecule has 2 rings (SSSR count). The average molecular weight is 257 g/mol. The Morgan fingerprint density at radius 2 is 2.26 bits per heavy atom. The van der Waals surface area contributed by atoms with E-state index in [0.717, 1.165) is 29.0 Å². The molecule has 3 nitrogen and oxygen atoms in total. The zero-order valence-electron chi connectivity index (χ0n) is 11.5. The third kappa shape index (κ3) is 2.87. The summed E-state index contributed by atoms with van der Waals surface area (Å²) in [6.45, 7) is 6.16. The largest absolute Gasteiger partial charge is 0.490 e. The molecule has 1 aromatic rings. The fourth-order valence-corrected chi connectivity index (χ4v) is 2.23. The quantitative estimate of drug-likeness (QED) is 0.775. The maximum Gasteiger partial charge on any atom is 0.227 e. The lowest BCUT2D eigenvalue weighted by Gasteiger charge is -2.26. The number of ether oxygens (including phenoxy) is 1. The second-order valence-electron chi connectivity index (χ2n) is 4.66. The Balaban J connectivity index is 2.28. The number of carbonyl (C=O) groups excluding carboxylic acids is 1. The molecular formula is C16H19NO2. The number of amides is 1. The van der Waals surface area contributed by atoms with Crippen molar-refractivity contribution in [3.8, 4) is 5.75 Å². The summed E-state index contributed by atoms with van der Waals surface area (Å²) >= 11 is 0. The molecule has 0 N–H and O–H groups in total. The summed E-state index contributed by atoms with van der Waals surface area (Å²) in [5.41, 5.74) is 3.18. The first-order chi connectivity index (χ1) is 9.13. The number of allylic oxidation sites excluding steroid dienone is 1. The Bertz CT molecular complexity index is 532. The Kier molecular flexibility index (Phi) is 4.05. The molecule has 0 aromatic heterocycles. The second-order valence-corrected chi connectivity index (χ2v) is 4.66. The van der Waals surface area contributed by atoms with E-state index in [1.54, 1.807) is 11.0 Å². The number of carbonyl (C=O) groups is 1. The molecule has 19 heavy (non-hydrogen) atoms. The van der Waals surface area contributed by atoms with Crippen LogP contribution in [-0.4, -0.2) is 24.5 Å². The highest BCUT2D eigenvalue weighted by molar-refractivity contribution is 5.89. The van der Waals surface area contributed by atoms with Gasteiger partial charge < -0.3 is 9.64 Å². The average Bonchev–Trinajstić information content (AvgIpc) is 2.40. The number of hydrogen-bond acceptors (Lipinski definition) is 2. The van der Waals surface area contributed by atoms with Gasteiger partial charge in [0.25, 0.3) is 0 Å². The molecule has 0 fully saturated rings. The SMILES string of the molecule is C=CCOc1ccc(C2=CCCC(=O)N2C)c(C)c1. The fraction of sp³-hybridized carbons (Fsp3) is 0.312. The van der Waals surface area contributed by atoms with Crippen LogP contribution in [0.25, 0.3) is 5.70 Å². The minimum atomic E-state index is 0.170. The van der Waals surface area contributed by atoms with Crippen LogP contribution in [0.5, 0.6) is 5.75 Å². The lowest BCUT2D eigenvalue weighted by Crippen LogP contribution is -2.27. The monoisotopic (exact) mass is 257 g/mol. The van der Waals surface area contributed by atoms with Crippen molar-refractivity contribution in [2.24, 2.45) is 0 Å². The van der Waals surface area contributed by atoms with Crippen LogP contribution in [0.4, 0.5) is 0 Å². The molecule has 0 saturated heterocycles. The minimum Gasteiger partial charge on any atom is -0.490 e. The van der Waals surface area contributed by atoms with Crippen LogP contribution >= 0.6 is 0 Å². The van der Waals surface area contributed by atoms with Crippen molar-refractivity contribution < 1.29 is 9.53 Å². The predicted molar refractivity (Wildman–Crippen MR) is 76.9 cm³/mol. The van der Waals surface area contributed by atoms with E-state index in [0.29, 0.717) is 13.0 Å². The summed E-state index contributed by atoms with van der Waals surface area (Å²) < 4.78 is 5.51. The van der Waals surface area contributed by atoms with Crippen LogP contribution < -0.4 is 4.74 Å². The molecule has 1 aliphatic heterocycles. The molecule has 0 atom stereocenters. The Hall–Kier alpha value is -2.03. The normalized spacial score (nSPS) is 15.2. The highest BCUT2D eigenvalue weighted by atomic mass is 16.5. The molecule has 0 aliphatic carbocycles. The zero-order valence-corrected chi connectivity index (χ0v) is 11.5. The number of aryl methyl sites for hydroxylation is 1. The molecule has 1 aliphatic rings. The van der Waals surface area contributed by atoms with Crippen LogP contribution in [0.1, 0.15) is 24.0 Å². The van der Waals surface area contributed by atoms with Gasteiger partial charge in [0.2, 0.25) is 5.91 Å². The zero-order chi connectivity index (χ0) is 13.8. The first-order valence-corrected chi connectivity index (χ1v) is 6.45. The van der Waals surface area contributed by atoms with Gasteiger partial charge >= 0.3 is 0 Å². The molecule has 1 heterocycles. The summed E-state index contributed by atoms with van der Waals surface area (Å²) in [5.74, 6) is 0.996. The lowest BCUT2D eigenvalue weighted by molar-refractivity contribution is -0.127. The molecular weight excluding hydrogens is 238 g/mol. The maximum atomic E-state index is 11.7. The van der Waals surface area contributed by atoms with Crippen LogP contribution in [-0.2, 0) is 4.79 Å². The highest BCUT2D eigenvalue weighted by Crippen LogP contribution is 2.28. The number of rotatable bonds is 4. The summed E-state index contributed by atoms with van der Waals surface area (Å²) in [6.07, 6.45) is 5.25. The van der Waals surface area contributed by atoms with Crippen LogP contribution in [0, 0.1) is 6.92 Å². The Morgan fingerprint density at radius 1 is 1.47 bits per heavy atom. The number of nitrogens with zero attached hydrogens (tertiary/aromatic N) is 1. The van der Waals surface area contributed by atoms with Crippen molar-refractivity contribution in [2.75, 3.05) is 13.7 Å². The van der Waals surface area contributed by atoms with E-state index in [1.807, 2.05) is 32.2 Å². The third-order valence-electron chi connectivity index (χ3n) is 3.27. The number of benzene rings is 1. The molecule has 3 heteroatoms. The molecule has 0 radical (unpaired) electrons. The summed E-state index contributed by atoms with van der Waals surface area (Å²) in [7, 11) is 1.83. The van der Waals surface area contributed by atoms with Crippen LogP contribution in [0.15, 0.2) is 36.9 Å². The molecule has 0 spiro atoms. The topological polar surface area (TPSA) is 29.5 Å². The van der Waals surface area contributed by atoms with E-state index >= 15 is 0 Å². The summed E-state index contributed by atoms with van der Waals surface area (Å²) in [5, 5.41) is 0. The Morgan fingerprint density at radius 3 is 2.95 bits per heavy atom. The van der Waals surface area contributed by atoms with Crippen molar-refractivity contribution in [1.29, 1.82) is 0 Å². The van der Waals surface area contributed by atoms with Gasteiger partial charge in [0.05, 0.1) is 0 Å². The first-order valence-electron chi connectivity index (χ1n) is 6.45. The van der Waals surface area contributed by atoms with Gasteiger partial charge in [-0.2, -0.15) is 0 Å². The third-order valence-corrected chi connectivity index (χ3v) is 3.27. The van der Waals surface area contributed by atoms with Gasteiger partial charge in [0.1, 0.15) is 12.4 Å². The molecule has 0 saturated carbocycles. The van der Waals surface area contributed by atoms with Crippen LogP contribution in [0.2, 0.25) is 0 Å². The van der Waals surface area contributed by atoms with Crippen molar-refractivity contribution in [1.82, 2.24) is 4.90 Å². The molecule has 0 bridgehead atoms. The van der Waals surface area contributed by atoms with Crippen LogP contribution in [0.3, 0.4) is 0 Å². The van der Waals surface area contributed by atoms with Crippen molar-refractivity contribution >= 4 is 11.6 Å². The molecule has 0 unspecified atom stereocenters. The second kappa shape index (κ2) is 5.74. The van der Waals surface area contributed by atoms with E-state index in [4.69, 9.17) is 4.74 Å². The van der Waals surface area contributed by atoms with Gasteiger partial charge in [-0.1, -0.05) is 18.7 Å². The number of hydrogen-bond donors (Lipinski definition) is 0. The van der Waals surface area contributed by atoms with E-state index in [2.05, 4.69) is 12.7 Å². The summed E-state index contributed by atoms with van der Waals surface area (Å²) in [4.78, 5) is 13.5. The van der Waals surface area contributed by atoms with Crippen molar-refractivity contribution in [3.05, 3.63) is 48.1 Å². The van der Waals surface area contributed by atoms with Gasteiger partial charge in [-0.15, -0.1) is 0 Å². The predicted octanol–water partition coefficient (Wildman–Crippen LogP) is 3.15. The van der Waals surface area contributed by atoms with E-state index in [-0.39, 0.29) is 5.91 Å². The minimum absolute atomic E-state index is 0.170. The van der Waals surface area contributed by atoms with E-state index < -0.39 is 0 Å². The first kappa shape index (κ1) is 13.4. The van der Waals surface area contributed by atoms with Crippen molar-refractivity contribution in [2.45, 2.75) is 19.8 Å². The van der Waals surface area contributed by atoms with E-state index in [1.165, 1.54) is 0 Å². The van der Waals surface area contributed by atoms with Gasteiger partial charge in [-0.3, -0.25) is 4.79 Å².